The zero-order chi connectivity index (χ0) is 12.0. The molecule has 1 rings (SSSR count). The third-order valence-corrected chi connectivity index (χ3v) is 2.55. The summed E-state index contributed by atoms with van der Waals surface area (Å²) in [7, 11) is 2.13. The molecular weight excluding hydrogens is 202 g/mol. The van der Waals surface area contributed by atoms with Crippen LogP contribution in [0.25, 0.3) is 0 Å². The molecule has 0 aliphatic rings. The summed E-state index contributed by atoms with van der Waals surface area (Å²) in [5.74, 6) is 1.23. The van der Waals surface area contributed by atoms with Gasteiger partial charge in [-0.3, -0.25) is 0 Å². The summed E-state index contributed by atoms with van der Waals surface area (Å²) >= 11 is 0. The lowest BCUT2D eigenvalue weighted by atomic mass is 10.3. The molecule has 16 heavy (non-hydrogen) atoms. The lowest BCUT2D eigenvalue weighted by Gasteiger charge is -2.20. The molecule has 0 spiro atoms. The van der Waals surface area contributed by atoms with E-state index in [0.29, 0.717) is 11.9 Å². The zero-order valence-electron chi connectivity index (χ0n) is 10.3. The molecule has 0 unspecified atom stereocenters. The molecule has 0 aliphatic carbocycles. The Kier molecular flexibility index (Phi) is 4.98. The van der Waals surface area contributed by atoms with Crippen LogP contribution in [0.5, 0.6) is 0 Å². The van der Waals surface area contributed by atoms with E-state index in [9.17, 15) is 0 Å². The molecule has 0 amide bonds. The maximum Gasteiger partial charge on any atom is 0.144 e. The fourth-order valence-electron chi connectivity index (χ4n) is 1.23. The van der Waals surface area contributed by atoms with Crippen molar-refractivity contribution in [2.45, 2.75) is 26.3 Å². The van der Waals surface area contributed by atoms with E-state index in [1.165, 1.54) is 0 Å². The smallest absolute Gasteiger partial charge is 0.144 e. The SMILES string of the molecule is CC(C)N(C)CCCNc1cnc(N)cn1. The fraction of sp³-hybridized carbons (Fsp3) is 0.636. The van der Waals surface area contributed by atoms with E-state index in [1.54, 1.807) is 12.4 Å². The van der Waals surface area contributed by atoms with Crippen molar-refractivity contribution in [3.8, 4) is 0 Å². The summed E-state index contributed by atoms with van der Waals surface area (Å²) in [6, 6.07) is 0.594. The van der Waals surface area contributed by atoms with Crippen LogP contribution in [0.4, 0.5) is 11.6 Å². The van der Waals surface area contributed by atoms with E-state index in [1.807, 2.05) is 0 Å². The summed E-state index contributed by atoms with van der Waals surface area (Å²) in [5, 5.41) is 3.21. The lowest BCUT2D eigenvalue weighted by molar-refractivity contribution is 0.273. The fourth-order valence-corrected chi connectivity index (χ4v) is 1.23. The highest BCUT2D eigenvalue weighted by Crippen LogP contribution is 2.02. The van der Waals surface area contributed by atoms with Gasteiger partial charge in [0.25, 0.3) is 0 Å². The van der Waals surface area contributed by atoms with Crippen molar-refractivity contribution in [2.24, 2.45) is 0 Å². The minimum atomic E-state index is 0.449. The van der Waals surface area contributed by atoms with Crippen molar-refractivity contribution in [3.63, 3.8) is 0 Å². The normalized spacial score (nSPS) is 11.1. The Morgan fingerprint density at radius 1 is 1.38 bits per heavy atom. The second-order valence-electron chi connectivity index (χ2n) is 4.18. The van der Waals surface area contributed by atoms with Crippen LogP contribution >= 0.6 is 0 Å². The molecule has 90 valence electrons. The predicted octanol–water partition coefficient (Wildman–Crippen LogP) is 1.20. The van der Waals surface area contributed by atoms with Gasteiger partial charge in [-0.05, 0) is 33.9 Å². The van der Waals surface area contributed by atoms with E-state index in [4.69, 9.17) is 5.73 Å². The summed E-state index contributed by atoms with van der Waals surface area (Å²) in [6.07, 6.45) is 4.30. The number of hydrogen-bond donors (Lipinski definition) is 2. The average molecular weight is 223 g/mol. The molecule has 0 atom stereocenters. The Labute approximate surface area is 97.1 Å². The third-order valence-electron chi connectivity index (χ3n) is 2.55. The van der Waals surface area contributed by atoms with Crippen molar-refractivity contribution in [1.29, 1.82) is 0 Å². The summed E-state index contributed by atoms with van der Waals surface area (Å²) < 4.78 is 0. The van der Waals surface area contributed by atoms with Crippen LogP contribution in [-0.4, -0.2) is 41.0 Å². The van der Waals surface area contributed by atoms with Gasteiger partial charge in [0, 0.05) is 12.6 Å². The Bertz CT molecular complexity index is 296. The molecule has 3 N–H and O–H groups in total. The first kappa shape index (κ1) is 12.7. The first-order valence-electron chi connectivity index (χ1n) is 5.61. The molecule has 0 fully saturated rings. The Hall–Kier alpha value is -1.36. The highest BCUT2D eigenvalue weighted by Gasteiger charge is 2.01. The zero-order valence-corrected chi connectivity index (χ0v) is 10.3. The monoisotopic (exact) mass is 223 g/mol. The Morgan fingerprint density at radius 3 is 2.69 bits per heavy atom. The molecule has 0 aromatic carbocycles. The molecule has 0 saturated carbocycles. The number of hydrogen-bond acceptors (Lipinski definition) is 5. The van der Waals surface area contributed by atoms with Crippen LogP contribution in [0.15, 0.2) is 12.4 Å². The number of nitrogens with zero attached hydrogens (tertiary/aromatic N) is 3. The largest absolute Gasteiger partial charge is 0.382 e. The molecule has 5 nitrogen and oxygen atoms in total. The van der Waals surface area contributed by atoms with Gasteiger partial charge in [0.15, 0.2) is 0 Å². The van der Waals surface area contributed by atoms with Crippen molar-refractivity contribution < 1.29 is 0 Å². The molecule has 0 bridgehead atoms. The minimum absolute atomic E-state index is 0.449. The minimum Gasteiger partial charge on any atom is -0.382 e. The summed E-state index contributed by atoms with van der Waals surface area (Å²) in [4.78, 5) is 10.4. The number of anilines is 2. The van der Waals surface area contributed by atoms with Crippen LogP contribution in [0.1, 0.15) is 20.3 Å². The molecule has 0 aliphatic heterocycles. The molecule has 5 heteroatoms. The topological polar surface area (TPSA) is 67.1 Å². The second-order valence-corrected chi connectivity index (χ2v) is 4.18. The molecule has 1 heterocycles. The number of nitrogen functional groups attached to an aromatic ring is 1. The van der Waals surface area contributed by atoms with Gasteiger partial charge < -0.3 is 16.0 Å². The van der Waals surface area contributed by atoms with E-state index in [0.717, 1.165) is 25.3 Å². The molecule has 0 saturated heterocycles. The van der Waals surface area contributed by atoms with Crippen molar-refractivity contribution in [1.82, 2.24) is 14.9 Å². The average Bonchev–Trinajstić information content (AvgIpc) is 2.26. The highest BCUT2D eigenvalue weighted by atomic mass is 15.1. The van der Waals surface area contributed by atoms with Crippen LogP contribution < -0.4 is 11.1 Å². The van der Waals surface area contributed by atoms with Gasteiger partial charge in [-0.25, -0.2) is 9.97 Å². The van der Waals surface area contributed by atoms with E-state index in [-0.39, 0.29) is 0 Å². The highest BCUT2D eigenvalue weighted by molar-refractivity contribution is 5.35. The van der Waals surface area contributed by atoms with Crippen LogP contribution in [0, 0.1) is 0 Å². The first-order valence-corrected chi connectivity index (χ1v) is 5.61. The Balaban J connectivity index is 2.18. The quantitative estimate of drug-likeness (QED) is 0.709. The lowest BCUT2D eigenvalue weighted by Crippen LogP contribution is -2.28. The molecule has 1 aromatic heterocycles. The van der Waals surface area contributed by atoms with Crippen LogP contribution in [0.3, 0.4) is 0 Å². The predicted molar refractivity (Wildman–Crippen MR) is 67.3 cm³/mol. The van der Waals surface area contributed by atoms with Gasteiger partial charge in [-0.15, -0.1) is 0 Å². The first-order chi connectivity index (χ1) is 7.59. The van der Waals surface area contributed by atoms with Gasteiger partial charge in [0.05, 0.1) is 12.4 Å². The van der Waals surface area contributed by atoms with Crippen LogP contribution in [-0.2, 0) is 0 Å². The maximum atomic E-state index is 5.45. The number of rotatable bonds is 6. The third kappa shape index (κ3) is 4.44. The molecular formula is C11H21N5. The van der Waals surface area contributed by atoms with Gasteiger partial charge in [0.1, 0.15) is 11.6 Å². The number of nitrogens with one attached hydrogen (secondary N) is 1. The molecule has 0 radical (unpaired) electrons. The van der Waals surface area contributed by atoms with Crippen molar-refractivity contribution >= 4 is 11.6 Å². The van der Waals surface area contributed by atoms with E-state index < -0.39 is 0 Å². The van der Waals surface area contributed by atoms with E-state index >= 15 is 0 Å². The summed E-state index contributed by atoms with van der Waals surface area (Å²) in [5.41, 5.74) is 5.45. The van der Waals surface area contributed by atoms with Gasteiger partial charge >= 0.3 is 0 Å². The second kappa shape index (κ2) is 6.27. The van der Waals surface area contributed by atoms with E-state index in [2.05, 4.69) is 41.1 Å². The summed E-state index contributed by atoms with van der Waals surface area (Å²) in [6.45, 7) is 6.36. The number of aromatic nitrogens is 2. The van der Waals surface area contributed by atoms with Crippen LogP contribution in [0.2, 0.25) is 0 Å². The standard InChI is InChI=1S/C11H21N5/c1-9(2)16(3)6-4-5-13-11-8-14-10(12)7-15-11/h7-9H,4-6H2,1-3H3,(H2,12,14)(H,13,15). The van der Waals surface area contributed by atoms with Gasteiger partial charge in [-0.2, -0.15) is 0 Å². The van der Waals surface area contributed by atoms with Crippen molar-refractivity contribution in [2.75, 3.05) is 31.2 Å². The molecule has 1 aromatic rings. The Morgan fingerprint density at radius 2 is 2.12 bits per heavy atom. The van der Waals surface area contributed by atoms with Crippen molar-refractivity contribution in [3.05, 3.63) is 12.4 Å². The number of nitrogens with two attached hydrogens (primary N) is 1. The van der Waals surface area contributed by atoms with Gasteiger partial charge in [0.2, 0.25) is 0 Å². The van der Waals surface area contributed by atoms with Gasteiger partial charge in [-0.1, -0.05) is 0 Å². The maximum absolute atomic E-state index is 5.45.